The molecule has 0 bridgehead atoms. The third-order valence-electron chi connectivity index (χ3n) is 2.70. The highest BCUT2D eigenvalue weighted by atomic mass is 79.9. The molecule has 2 unspecified atom stereocenters. The Morgan fingerprint density at radius 1 is 1.67 bits per heavy atom. The van der Waals surface area contributed by atoms with E-state index in [9.17, 15) is 0 Å². The molecule has 4 heteroatoms. The van der Waals surface area contributed by atoms with Crippen molar-refractivity contribution in [2.24, 2.45) is 0 Å². The summed E-state index contributed by atoms with van der Waals surface area (Å²) in [6, 6.07) is 2.06. The summed E-state index contributed by atoms with van der Waals surface area (Å²) in [4.78, 5) is 1.25. The third kappa shape index (κ3) is 3.19. The summed E-state index contributed by atoms with van der Waals surface area (Å²) in [5.74, 6) is 0. The summed E-state index contributed by atoms with van der Waals surface area (Å²) in [7, 11) is 0. The van der Waals surface area contributed by atoms with Crippen LogP contribution in [-0.4, -0.2) is 12.7 Å². The topological polar surface area (TPSA) is 9.23 Å². The quantitative estimate of drug-likeness (QED) is 0.729. The average molecular weight is 310 g/mol. The summed E-state index contributed by atoms with van der Waals surface area (Å²) in [5, 5.41) is 2.20. The van der Waals surface area contributed by atoms with Crippen molar-refractivity contribution < 1.29 is 4.74 Å². The van der Waals surface area contributed by atoms with Crippen molar-refractivity contribution in [2.75, 3.05) is 6.61 Å². The fourth-order valence-electron chi connectivity index (χ4n) is 1.86. The van der Waals surface area contributed by atoms with E-state index in [0.717, 1.165) is 23.9 Å². The van der Waals surface area contributed by atoms with E-state index in [2.05, 4.69) is 27.4 Å². The highest BCUT2D eigenvalue weighted by Gasteiger charge is 2.19. The third-order valence-corrected chi connectivity index (χ3v) is 5.25. The Hall–Kier alpha value is 0.430. The van der Waals surface area contributed by atoms with Gasteiger partial charge in [-0.05, 0) is 53.1 Å². The summed E-state index contributed by atoms with van der Waals surface area (Å²) in [6.45, 7) is 0.931. The minimum Gasteiger partial charge on any atom is -0.378 e. The molecule has 1 aromatic rings. The van der Waals surface area contributed by atoms with E-state index in [1.165, 1.54) is 17.7 Å². The van der Waals surface area contributed by atoms with Gasteiger partial charge in [-0.25, -0.2) is 0 Å². The van der Waals surface area contributed by atoms with E-state index in [-0.39, 0.29) is 5.38 Å². The van der Waals surface area contributed by atoms with E-state index in [4.69, 9.17) is 16.3 Å². The molecule has 0 aromatic carbocycles. The fourth-order valence-corrected chi connectivity index (χ4v) is 4.05. The van der Waals surface area contributed by atoms with E-state index in [1.807, 2.05) is 0 Å². The molecule has 1 saturated heterocycles. The van der Waals surface area contributed by atoms with Crippen LogP contribution in [0.15, 0.2) is 15.9 Å². The zero-order valence-electron chi connectivity index (χ0n) is 8.42. The SMILES string of the molecule is ClC(CCC1CCCO1)c1sccc1Br. The molecule has 1 aromatic heterocycles. The van der Waals surface area contributed by atoms with Gasteiger partial charge in [-0.3, -0.25) is 0 Å². The van der Waals surface area contributed by atoms with Crippen LogP contribution in [0.5, 0.6) is 0 Å². The number of alkyl halides is 1. The zero-order valence-corrected chi connectivity index (χ0v) is 11.6. The molecule has 0 saturated carbocycles. The molecule has 1 aliphatic heterocycles. The molecule has 2 rings (SSSR count). The molecule has 0 radical (unpaired) electrons. The van der Waals surface area contributed by atoms with Gasteiger partial charge in [-0.15, -0.1) is 22.9 Å². The van der Waals surface area contributed by atoms with Crippen molar-refractivity contribution in [3.8, 4) is 0 Å². The Morgan fingerprint density at radius 2 is 2.53 bits per heavy atom. The molecular weight excluding hydrogens is 296 g/mol. The van der Waals surface area contributed by atoms with Gasteiger partial charge >= 0.3 is 0 Å². The van der Waals surface area contributed by atoms with Crippen LogP contribution in [0, 0.1) is 0 Å². The van der Waals surface area contributed by atoms with Crippen LogP contribution >= 0.6 is 38.9 Å². The maximum Gasteiger partial charge on any atom is 0.0690 e. The Bertz CT molecular complexity index is 309. The number of halogens is 2. The van der Waals surface area contributed by atoms with Gasteiger partial charge in [0.05, 0.1) is 11.5 Å². The lowest BCUT2D eigenvalue weighted by molar-refractivity contribution is 0.102. The highest BCUT2D eigenvalue weighted by molar-refractivity contribution is 9.10. The van der Waals surface area contributed by atoms with Crippen LogP contribution in [0.4, 0.5) is 0 Å². The van der Waals surface area contributed by atoms with Crippen LogP contribution in [-0.2, 0) is 4.74 Å². The first-order chi connectivity index (χ1) is 7.27. The Labute approximate surface area is 108 Å². The first-order valence-electron chi connectivity index (χ1n) is 5.26. The molecule has 2 heterocycles. The molecular formula is C11H14BrClOS. The van der Waals surface area contributed by atoms with Crippen LogP contribution in [0.25, 0.3) is 0 Å². The molecule has 1 aliphatic rings. The standard InChI is InChI=1S/C11H14BrClOS/c12-9-5-7-15-11(9)10(13)4-3-8-2-1-6-14-8/h5,7-8,10H,1-4,6H2. The molecule has 0 spiro atoms. The van der Waals surface area contributed by atoms with Crippen molar-refractivity contribution in [3.05, 3.63) is 20.8 Å². The number of hydrogen-bond acceptors (Lipinski definition) is 2. The second-order valence-corrected chi connectivity index (χ2v) is 6.14. The molecule has 1 nitrogen and oxygen atoms in total. The minimum atomic E-state index is 0.128. The zero-order chi connectivity index (χ0) is 10.7. The van der Waals surface area contributed by atoms with E-state index in [0.29, 0.717) is 6.10 Å². The predicted octanol–water partition coefficient (Wildman–Crippen LogP) is 4.75. The van der Waals surface area contributed by atoms with Gasteiger partial charge in [0.25, 0.3) is 0 Å². The summed E-state index contributed by atoms with van der Waals surface area (Å²) < 4.78 is 6.72. The van der Waals surface area contributed by atoms with Crippen LogP contribution in [0.3, 0.4) is 0 Å². The highest BCUT2D eigenvalue weighted by Crippen LogP contribution is 2.36. The van der Waals surface area contributed by atoms with Crippen molar-refractivity contribution in [1.29, 1.82) is 0 Å². The van der Waals surface area contributed by atoms with Crippen molar-refractivity contribution in [2.45, 2.75) is 37.2 Å². The molecule has 84 valence electrons. The second-order valence-electron chi connectivity index (χ2n) is 3.81. The Kier molecular flexibility index (Phi) is 4.50. The monoisotopic (exact) mass is 308 g/mol. The lowest BCUT2D eigenvalue weighted by atomic mass is 10.1. The second kappa shape index (κ2) is 5.67. The average Bonchev–Trinajstić information content (AvgIpc) is 2.84. The summed E-state index contributed by atoms with van der Waals surface area (Å²) in [6.07, 6.45) is 4.95. The van der Waals surface area contributed by atoms with E-state index < -0.39 is 0 Å². The predicted molar refractivity (Wildman–Crippen MR) is 68.8 cm³/mol. The molecule has 0 N–H and O–H groups in total. The number of hydrogen-bond donors (Lipinski definition) is 0. The maximum atomic E-state index is 6.36. The van der Waals surface area contributed by atoms with Crippen LogP contribution in [0.2, 0.25) is 0 Å². The summed E-state index contributed by atoms with van der Waals surface area (Å²) >= 11 is 11.6. The van der Waals surface area contributed by atoms with Gasteiger partial charge in [0.2, 0.25) is 0 Å². The fraction of sp³-hybridized carbons (Fsp3) is 0.636. The van der Waals surface area contributed by atoms with E-state index in [1.54, 1.807) is 11.3 Å². The number of ether oxygens (including phenoxy) is 1. The molecule has 1 fully saturated rings. The first-order valence-corrected chi connectivity index (χ1v) is 7.37. The van der Waals surface area contributed by atoms with Gasteiger partial charge in [0.15, 0.2) is 0 Å². The van der Waals surface area contributed by atoms with Crippen molar-refractivity contribution in [1.82, 2.24) is 0 Å². The van der Waals surface area contributed by atoms with Gasteiger partial charge in [-0.2, -0.15) is 0 Å². The first kappa shape index (κ1) is 11.9. The number of thiophene rings is 1. The normalized spacial score (nSPS) is 23.2. The van der Waals surface area contributed by atoms with E-state index >= 15 is 0 Å². The summed E-state index contributed by atoms with van der Waals surface area (Å²) in [5.41, 5.74) is 0. The van der Waals surface area contributed by atoms with Crippen molar-refractivity contribution in [3.63, 3.8) is 0 Å². The molecule has 0 amide bonds. The molecule has 15 heavy (non-hydrogen) atoms. The smallest absolute Gasteiger partial charge is 0.0690 e. The van der Waals surface area contributed by atoms with Gasteiger partial charge in [-0.1, -0.05) is 0 Å². The van der Waals surface area contributed by atoms with Crippen LogP contribution in [0.1, 0.15) is 35.9 Å². The number of rotatable bonds is 4. The molecule has 0 aliphatic carbocycles. The Morgan fingerprint density at radius 3 is 3.13 bits per heavy atom. The minimum absolute atomic E-state index is 0.128. The lowest BCUT2D eigenvalue weighted by Crippen LogP contribution is -2.05. The van der Waals surface area contributed by atoms with Gasteiger partial charge in [0.1, 0.15) is 0 Å². The molecule has 2 atom stereocenters. The lowest BCUT2D eigenvalue weighted by Gasteiger charge is -2.12. The van der Waals surface area contributed by atoms with Crippen LogP contribution < -0.4 is 0 Å². The van der Waals surface area contributed by atoms with Gasteiger partial charge < -0.3 is 4.74 Å². The maximum absolute atomic E-state index is 6.36. The van der Waals surface area contributed by atoms with Crippen molar-refractivity contribution >= 4 is 38.9 Å². The Balaban J connectivity index is 1.81. The largest absolute Gasteiger partial charge is 0.378 e. The van der Waals surface area contributed by atoms with Gasteiger partial charge in [0, 0.05) is 16.0 Å².